The van der Waals surface area contributed by atoms with Crippen LogP contribution in [-0.4, -0.2) is 19.2 Å². The van der Waals surface area contributed by atoms with E-state index in [1.54, 1.807) is 38.7 Å². The third-order valence-corrected chi connectivity index (χ3v) is 3.19. The zero-order valence-corrected chi connectivity index (χ0v) is 12.7. The van der Waals surface area contributed by atoms with E-state index in [-0.39, 0.29) is 0 Å². The van der Waals surface area contributed by atoms with E-state index in [9.17, 15) is 0 Å². The highest BCUT2D eigenvalue weighted by molar-refractivity contribution is 9.10. The average molecular weight is 344 g/mol. The van der Waals surface area contributed by atoms with Gasteiger partial charge < -0.3 is 14.8 Å². The van der Waals surface area contributed by atoms with E-state index >= 15 is 0 Å². The summed E-state index contributed by atoms with van der Waals surface area (Å²) in [6.07, 6.45) is 3.43. The lowest BCUT2D eigenvalue weighted by molar-refractivity contribution is 0.405. The van der Waals surface area contributed by atoms with E-state index in [1.807, 2.05) is 6.07 Å². The van der Waals surface area contributed by atoms with Gasteiger partial charge >= 0.3 is 0 Å². The highest BCUT2D eigenvalue weighted by Crippen LogP contribution is 2.37. The highest BCUT2D eigenvalue weighted by atomic mass is 79.9. The van der Waals surface area contributed by atoms with Crippen LogP contribution < -0.4 is 14.8 Å². The predicted molar refractivity (Wildman–Crippen MR) is 79.8 cm³/mol. The van der Waals surface area contributed by atoms with Gasteiger partial charge in [0.2, 0.25) is 0 Å². The van der Waals surface area contributed by atoms with Crippen molar-refractivity contribution in [3.63, 3.8) is 0 Å². The van der Waals surface area contributed by atoms with Crippen LogP contribution in [0.25, 0.3) is 0 Å². The molecule has 4 nitrogen and oxygen atoms in total. The number of rotatable bonds is 4. The SMILES string of the molecule is COc1cc(Nc2cncc(Br)c2)c(OC)cc1Cl. The zero-order valence-electron chi connectivity index (χ0n) is 10.4. The number of ether oxygens (including phenoxy) is 2. The molecule has 2 aromatic rings. The number of aromatic nitrogens is 1. The monoisotopic (exact) mass is 342 g/mol. The number of methoxy groups -OCH3 is 2. The number of benzene rings is 1. The molecule has 0 saturated heterocycles. The van der Waals surface area contributed by atoms with Crippen LogP contribution >= 0.6 is 27.5 Å². The molecule has 1 heterocycles. The Morgan fingerprint density at radius 3 is 2.47 bits per heavy atom. The van der Waals surface area contributed by atoms with Gasteiger partial charge in [-0.05, 0) is 22.0 Å². The number of hydrogen-bond acceptors (Lipinski definition) is 4. The molecule has 0 bridgehead atoms. The fourth-order valence-corrected chi connectivity index (χ4v) is 2.19. The van der Waals surface area contributed by atoms with E-state index in [1.165, 1.54) is 0 Å². The van der Waals surface area contributed by atoms with Crippen molar-refractivity contribution in [3.05, 3.63) is 40.1 Å². The van der Waals surface area contributed by atoms with Crippen LogP contribution in [0.5, 0.6) is 11.5 Å². The zero-order chi connectivity index (χ0) is 13.8. The molecular weight excluding hydrogens is 332 g/mol. The van der Waals surface area contributed by atoms with Gasteiger partial charge in [-0.3, -0.25) is 4.98 Å². The minimum absolute atomic E-state index is 0.497. The number of nitrogens with zero attached hydrogens (tertiary/aromatic N) is 1. The predicted octanol–water partition coefficient (Wildman–Crippen LogP) is 4.26. The van der Waals surface area contributed by atoms with E-state index in [0.717, 1.165) is 15.8 Å². The van der Waals surface area contributed by atoms with Crippen molar-refractivity contribution in [1.29, 1.82) is 0 Å². The molecule has 0 fully saturated rings. The minimum Gasteiger partial charge on any atom is -0.495 e. The molecular formula is C13H12BrClN2O2. The maximum atomic E-state index is 6.06. The largest absolute Gasteiger partial charge is 0.495 e. The van der Waals surface area contributed by atoms with Gasteiger partial charge in [-0.2, -0.15) is 0 Å². The maximum absolute atomic E-state index is 6.06. The Bertz CT molecular complexity index is 593. The summed E-state index contributed by atoms with van der Waals surface area (Å²) < 4.78 is 11.4. The number of anilines is 2. The summed E-state index contributed by atoms with van der Waals surface area (Å²) in [6, 6.07) is 5.39. The third-order valence-electron chi connectivity index (χ3n) is 2.46. The van der Waals surface area contributed by atoms with E-state index < -0.39 is 0 Å². The lowest BCUT2D eigenvalue weighted by Gasteiger charge is -2.13. The molecule has 0 unspecified atom stereocenters. The van der Waals surface area contributed by atoms with Gasteiger partial charge in [0.25, 0.3) is 0 Å². The van der Waals surface area contributed by atoms with Crippen molar-refractivity contribution >= 4 is 38.9 Å². The van der Waals surface area contributed by atoms with Crippen molar-refractivity contribution < 1.29 is 9.47 Å². The molecule has 0 aliphatic rings. The number of hydrogen-bond donors (Lipinski definition) is 1. The Morgan fingerprint density at radius 2 is 1.84 bits per heavy atom. The summed E-state index contributed by atoms with van der Waals surface area (Å²) in [4.78, 5) is 4.09. The standard InChI is InChI=1S/C13H12BrClN2O2/c1-18-12-5-11(13(19-2)4-10(12)15)17-9-3-8(14)6-16-7-9/h3-7,17H,1-2H3. The van der Waals surface area contributed by atoms with E-state index in [0.29, 0.717) is 16.5 Å². The van der Waals surface area contributed by atoms with Gasteiger partial charge in [0.15, 0.2) is 0 Å². The topological polar surface area (TPSA) is 43.4 Å². The lowest BCUT2D eigenvalue weighted by atomic mass is 10.2. The smallest absolute Gasteiger partial charge is 0.144 e. The van der Waals surface area contributed by atoms with Crippen LogP contribution in [0.3, 0.4) is 0 Å². The molecule has 0 amide bonds. The third kappa shape index (κ3) is 3.30. The van der Waals surface area contributed by atoms with Crippen LogP contribution in [0.4, 0.5) is 11.4 Å². The molecule has 100 valence electrons. The molecule has 1 N–H and O–H groups in total. The molecule has 0 spiro atoms. The van der Waals surface area contributed by atoms with Gasteiger partial charge in [0.05, 0.1) is 36.8 Å². The first-order valence-electron chi connectivity index (χ1n) is 5.43. The second kappa shape index (κ2) is 6.12. The maximum Gasteiger partial charge on any atom is 0.144 e. The number of nitrogens with one attached hydrogen (secondary N) is 1. The molecule has 2 rings (SSSR count). The van der Waals surface area contributed by atoms with Crippen LogP contribution in [-0.2, 0) is 0 Å². The summed E-state index contributed by atoms with van der Waals surface area (Å²) in [5.41, 5.74) is 1.58. The second-order valence-corrected chi connectivity index (χ2v) is 5.03. The van der Waals surface area contributed by atoms with Crippen molar-refractivity contribution in [1.82, 2.24) is 4.98 Å². The Balaban J connectivity index is 2.38. The Hall–Kier alpha value is -1.46. The van der Waals surface area contributed by atoms with E-state index in [2.05, 4.69) is 26.2 Å². The summed E-state index contributed by atoms with van der Waals surface area (Å²) in [5, 5.41) is 3.71. The van der Waals surface area contributed by atoms with Gasteiger partial charge in [0, 0.05) is 22.8 Å². The molecule has 1 aromatic carbocycles. The van der Waals surface area contributed by atoms with Gasteiger partial charge in [-0.1, -0.05) is 11.6 Å². The Morgan fingerprint density at radius 1 is 1.11 bits per heavy atom. The van der Waals surface area contributed by atoms with E-state index in [4.69, 9.17) is 21.1 Å². The highest BCUT2D eigenvalue weighted by Gasteiger charge is 2.10. The normalized spacial score (nSPS) is 10.1. The molecule has 6 heteroatoms. The number of halogens is 2. The summed E-state index contributed by atoms with van der Waals surface area (Å²) in [6.45, 7) is 0. The fraction of sp³-hybridized carbons (Fsp3) is 0.154. The molecule has 1 aromatic heterocycles. The molecule has 0 radical (unpaired) electrons. The number of pyridine rings is 1. The van der Waals surface area contributed by atoms with Gasteiger partial charge in [-0.25, -0.2) is 0 Å². The fourth-order valence-electron chi connectivity index (χ4n) is 1.59. The van der Waals surface area contributed by atoms with Crippen molar-refractivity contribution in [3.8, 4) is 11.5 Å². The van der Waals surface area contributed by atoms with Crippen molar-refractivity contribution in [2.45, 2.75) is 0 Å². The summed E-state index contributed by atoms with van der Waals surface area (Å²) in [7, 11) is 3.15. The van der Waals surface area contributed by atoms with Crippen molar-refractivity contribution in [2.24, 2.45) is 0 Å². The molecule has 0 atom stereocenters. The minimum atomic E-state index is 0.497. The van der Waals surface area contributed by atoms with Crippen molar-refractivity contribution in [2.75, 3.05) is 19.5 Å². The molecule has 0 aliphatic carbocycles. The van der Waals surface area contributed by atoms with Crippen LogP contribution in [0.15, 0.2) is 35.1 Å². The van der Waals surface area contributed by atoms with Gasteiger partial charge in [-0.15, -0.1) is 0 Å². The first kappa shape index (κ1) is 14.0. The summed E-state index contributed by atoms with van der Waals surface area (Å²) >= 11 is 9.43. The summed E-state index contributed by atoms with van der Waals surface area (Å²) in [5.74, 6) is 1.21. The first-order chi connectivity index (χ1) is 9.13. The first-order valence-corrected chi connectivity index (χ1v) is 6.60. The Kier molecular flexibility index (Phi) is 4.50. The van der Waals surface area contributed by atoms with Crippen LogP contribution in [0.2, 0.25) is 5.02 Å². The second-order valence-electron chi connectivity index (χ2n) is 3.70. The quantitative estimate of drug-likeness (QED) is 0.901. The molecule has 19 heavy (non-hydrogen) atoms. The molecule has 0 saturated carbocycles. The average Bonchev–Trinajstić information content (AvgIpc) is 2.40. The van der Waals surface area contributed by atoms with Crippen LogP contribution in [0.1, 0.15) is 0 Å². The van der Waals surface area contributed by atoms with Crippen LogP contribution in [0, 0.1) is 0 Å². The lowest BCUT2D eigenvalue weighted by Crippen LogP contribution is -1.97. The van der Waals surface area contributed by atoms with Gasteiger partial charge in [0.1, 0.15) is 11.5 Å². The Labute approximate surface area is 124 Å². The molecule has 0 aliphatic heterocycles.